The van der Waals surface area contributed by atoms with Gasteiger partial charge < -0.3 is 19.2 Å². The molecular formula is C23H23NO5. The number of carbonyl (C=O) groups is 1. The molecule has 0 atom stereocenters. The molecule has 3 aromatic rings. The Bertz CT molecular complexity index is 1110. The van der Waals surface area contributed by atoms with Crippen LogP contribution in [0.15, 0.2) is 57.8 Å². The molecule has 0 aliphatic heterocycles. The smallest absolute Gasteiger partial charge is 0.351 e. The monoisotopic (exact) mass is 393 g/mol. The molecule has 150 valence electrons. The van der Waals surface area contributed by atoms with Gasteiger partial charge in [-0.3, -0.25) is 4.79 Å². The molecule has 29 heavy (non-hydrogen) atoms. The Labute approximate surface area is 168 Å². The molecule has 3 rings (SSSR count). The van der Waals surface area contributed by atoms with Crippen LogP contribution in [0.3, 0.4) is 0 Å². The van der Waals surface area contributed by atoms with E-state index < -0.39 is 22.7 Å². The largest absolute Gasteiger partial charge is 0.506 e. The number of rotatable bonds is 7. The summed E-state index contributed by atoms with van der Waals surface area (Å²) in [6.45, 7) is 6.00. The molecule has 0 aliphatic carbocycles. The molecule has 1 N–H and O–H groups in total. The van der Waals surface area contributed by atoms with Crippen molar-refractivity contribution in [2.75, 3.05) is 25.1 Å². The van der Waals surface area contributed by atoms with E-state index in [0.29, 0.717) is 5.75 Å². The van der Waals surface area contributed by atoms with Crippen molar-refractivity contribution in [3.63, 3.8) is 0 Å². The Hall–Kier alpha value is -3.54. The number of benzene rings is 2. The number of carbonyl (C=O) groups excluding carboxylic acids is 1. The van der Waals surface area contributed by atoms with Gasteiger partial charge in [0, 0.05) is 24.8 Å². The maximum absolute atomic E-state index is 12.6. The zero-order chi connectivity index (χ0) is 21.0. The van der Waals surface area contributed by atoms with Crippen molar-refractivity contribution < 1.29 is 19.1 Å². The molecule has 2 aromatic carbocycles. The van der Waals surface area contributed by atoms with E-state index >= 15 is 0 Å². The van der Waals surface area contributed by atoms with Gasteiger partial charge in [0.05, 0.1) is 12.5 Å². The molecule has 1 aromatic heterocycles. The van der Waals surface area contributed by atoms with Crippen LogP contribution in [0.1, 0.15) is 29.8 Å². The fraction of sp³-hybridized carbons (Fsp3) is 0.217. The van der Waals surface area contributed by atoms with E-state index in [4.69, 9.17) is 9.15 Å². The lowest BCUT2D eigenvalue weighted by Gasteiger charge is -2.20. The summed E-state index contributed by atoms with van der Waals surface area (Å²) in [6.07, 6.45) is 2.86. The van der Waals surface area contributed by atoms with E-state index in [1.165, 1.54) is 19.3 Å². The quantitative estimate of drug-likeness (QED) is 0.367. The van der Waals surface area contributed by atoms with Gasteiger partial charge in [-0.2, -0.15) is 0 Å². The van der Waals surface area contributed by atoms with Crippen LogP contribution < -0.4 is 15.3 Å². The average Bonchev–Trinajstić information content (AvgIpc) is 2.73. The highest BCUT2D eigenvalue weighted by molar-refractivity contribution is 6.10. The lowest BCUT2D eigenvalue weighted by atomic mass is 10.1. The molecule has 0 spiro atoms. The fourth-order valence-corrected chi connectivity index (χ4v) is 3.15. The first-order valence-corrected chi connectivity index (χ1v) is 9.39. The summed E-state index contributed by atoms with van der Waals surface area (Å²) in [5, 5.41) is 10.7. The number of methoxy groups -OCH3 is 1. The van der Waals surface area contributed by atoms with E-state index in [0.717, 1.165) is 24.3 Å². The summed E-state index contributed by atoms with van der Waals surface area (Å²) in [7, 11) is 1.48. The summed E-state index contributed by atoms with van der Waals surface area (Å²) in [6, 6.07) is 12.4. The molecule has 0 fully saturated rings. The lowest BCUT2D eigenvalue weighted by Crippen LogP contribution is -2.21. The standard InChI is InChI=1S/C23H23NO5/c1-4-24(5-2)16-9-6-15(7-10-16)8-13-19(25)21-22(26)18-12-11-17(28-3)14-20(18)29-23(21)27/h6-14,26H,4-5H2,1-3H3/b13-8+. The minimum atomic E-state index is -0.894. The number of fused-ring (bicyclic) bond motifs is 1. The van der Waals surface area contributed by atoms with Crippen molar-refractivity contribution in [3.05, 3.63) is 70.1 Å². The third-order valence-corrected chi connectivity index (χ3v) is 4.78. The molecular weight excluding hydrogens is 370 g/mol. The van der Waals surface area contributed by atoms with E-state index in [1.54, 1.807) is 18.2 Å². The number of anilines is 1. The number of nitrogens with zero attached hydrogens (tertiary/aromatic N) is 1. The summed E-state index contributed by atoms with van der Waals surface area (Å²) in [5.74, 6) is -0.542. The fourth-order valence-electron chi connectivity index (χ4n) is 3.15. The summed E-state index contributed by atoms with van der Waals surface area (Å²) >= 11 is 0. The normalized spacial score (nSPS) is 11.1. The summed E-state index contributed by atoms with van der Waals surface area (Å²) in [5.41, 5.74) is 0.776. The van der Waals surface area contributed by atoms with Gasteiger partial charge in [0.25, 0.3) is 0 Å². The van der Waals surface area contributed by atoms with Crippen LogP contribution in [0.5, 0.6) is 11.5 Å². The number of hydrogen-bond donors (Lipinski definition) is 1. The van der Waals surface area contributed by atoms with Crippen LogP contribution >= 0.6 is 0 Å². The lowest BCUT2D eigenvalue weighted by molar-refractivity contribution is 0.104. The molecule has 0 amide bonds. The Balaban J connectivity index is 1.89. The first-order chi connectivity index (χ1) is 14.0. The molecule has 0 saturated heterocycles. The van der Waals surface area contributed by atoms with Crippen molar-refractivity contribution in [2.24, 2.45) is 0 Å². The second kappa shape index (κ2) is 8.65. The number of ketones is 1. The zero-order valence-electron chi connectivity index (χ0n) is 16.6. The minimum Gasteiger partial charge on any atom is -0.506 e. The van der Waals surface area contributed by atoms with Crippen molar-refractivity contribution in [1.82, 2.24) is 0 Å². The Morgan fingerprint density at radius 3 is 2.45 bits per heavy atom. The molecule has 0 unspecified atom stereocenters. The minimum absolute atomic E-state index is 0.152. The first kappa shape index (κ1) is 20.2. The number of allylic oxidation sites excluding steroid dienone is 1. The predicted octanol–water partition coefficient (Wildman–Crippen LogP) is 4.25. The third kappa shape index (κ3) is 4.16. The van der Waals surface area contributed by atoms with Crippen LogP contribution in [-0.2, 0) is 0 Å². The van der Waals surface area contributed by atoms with Gasteiger partial charge >= 0.3 is 5.63 Å². The molecule has 0 bridgehead atoms. The van der Waals surface area contributed by atoms with Crippen LogP contribution in [0.25, 0.3) is 17.0 Å². The average molecular weight is 393 g/mol. The van der Waals surface area contributed by atoms with E-state index in [2.05, 4.69) is 18.7 Å². The van der Waals surface area contributed by atoms with Crippen LogP contribution in [-0.4, -0.2) is 31.1 Å². The molecule has 6 heteroatoms. The van der Waals surface area contributed by atoms with E-state index in [-0.39, 0.29) is 11.0 Å². The summed E-state index contributed by atoms with van der Waals surface area (Å²) < 4.78 is 10.3. The van der Waals surface area contributed by atoms with Crippen molar-refractivity contribution in [1.29, 1.82) is 0 Å². The van der Waals surface area contributed by atoms with Gasteiger partial charge in [-0.15, -0.1) is 0 Å². The van der Waals surface area contributed by atoms with Crippen LogP contribution in [0, 0.1) is 0 Å². The number of hydrogen-bond acceptors (Lipinski definition) is 6. The Morgan fingerprint density at radius 2 is 1.83 bits per heavy atom. The Kier molecular flexibility index (Phi) is 6.02. The highest BCUT2D eigenvalue weighted by atomic mass is 16.5. The van der Waals surface area contributed by atoms with E-state index in [1.807, 2.05) is 24.3 Å². The Morgan fingerprint density at radius 1 is 1.14 bits per heavy atom. The van der Waals surface area contributed by atoms with Gasteiger partial charge in [-0.05, 0) is 49.8 Å². The SMILES string of the molecule is CCN(CC)c1ccc(/C=C/C(=O)c2c(O)c3ccc(OC)cc3oc2=O)cc1. The van der Waals surface area contributed by atoms with Crippen molar-refractivity contribution >= 4 is 28.5 Å². The second-order valence-corrected chi connectivity index (χ2v) is 6.44. The molecule has 0 saturated carbocycles. The van der Waals surface area contributed by atoms with Crippen LogP contribution in [0.4, 0.5) is 5.69 Å². The number of aromatic hydroxyl groups is 1. The van der Waals surface area contributed by atoms with Gasteiger partial charge in [-0.1, -0.05) is 18.2 Å². The van der Waals surface area contributed by atoms with Gasteiger partial charge in [0.1, 0.15) is 22.6 Å². The molecule has 6 nitrogen and oxygen atoms in total. The topological polar surface area (TPSA) is 80.0 Å². The number of ether oxygens (including phenoxy) is 1. The third-order valence-electron chi connectivity index (χ3n) is 4.78. The second-order valence-electron chi connectivity index (χ2n) is 6.44. The first-order valence-electron chi connectivity index (χ1n) is 9.39. The van der Waals surface area contributed by atoms with Crippen LogP contribution in [0.2, 0.25) is 0 Å². The molecule has 0 aliphatic rings. The van der Waals surface area contributed by atoms with Crippen molar-refractivity contribution in [2.45, 2.75) is 13.8 Å². The highest BCUT2D eigenvalue weighted by Gasteiger charge is 2.19. The van der Waals surface area contributed by atoms with Gasteiger partial charge in [-0.25, -0.2) is 4.79 Å². The molecule has 0 radical (unpaired) electrons. The van der Waals surface area contributed by atoms with Gasteiger partial charge in [0.2, 0.25) is 0 Å². The van der Waals surface area contributed by atoms with Crippen molar-refractivity contribution in [3.8, 4) is 11.5 Å². The summed E-state index contributed by atoms with van der Waals surface area (Å²) in [4.78, 5) is 27.0. The van der Waals surface area contributed by atoms with Gasteiger partial charge in [0.15, 0.2) is 5.78 Å². The predicted molar refractivity (Wildman–Crippen MR) is 114 cm³/mol. The van der Waals surface area contributed by atoms with E-state index in [9.17, 15) is 14.7 Å². The molecule has 1 heterocycles. The maximum atomic E-state index is 12.6. The zero-order valence-corrected chi connectivity index (χ0v) is 16.6. The maximum Gasteiger partial charge on any atom is 0.351 e. The highest BCUT2D eigenvalue weighted by Crippen LogP contribution is 2.29.